The Hall–Kier alpha value is -3.24. The summed E-state index contributed by atoms with van der Waals surface area (Å²) in [6.07, 6.45) is 0. The van der Waals surface area contributed by atoms with E-state index in [-0.39, 0.29) is 18.4 Å². The molecule has 0 bridgehead atoms. The summed E-state index contributed by atoms with van der Waals surface area (Å²) in [5.74, 6) is -0.139. The van der Waals surface area contributed by atoms with Crippen LogP contribution in [0.15, 0.2) is 36.4 Å². The van der Waals surface area contributed by atoms with Gasteiger partial charge in [0, 0.05) is 17.6 Å². The van der Waals surface area contributed by atoms with Crippen molar-refractivity contribution in [3.05, 3.63) is 52.5 Å². The second-order valence-electron chi connectivity index (χ2n) is 5.20. The quantitative estimate of drug-likeness (QED) is 0.723. The van der Waals surface area contributed by atoms with Gasteiger partial charge in [-0.25, -0.2) is 0 Å². The maximum absolute atomic E-state index is 12.2. The second kappa shape index (κ2) is 8.74. The highest BCUT2D eigenvalue weighted by atomic mass is 35.5. The van der Waals surface area contributed by atoms with E-state index in [0.717, 1.165) is 0 Å². The number of hydrogen-bond donors (Lipinski definition) is 3. The number of carbonyl (C=O) groups is 2. The van der Waals surface area contributed by atoms with Gasteiger partial charge in [0.25, 0.3) is 5.91 Å². The van der Waals surface area contributed by atoms with Gasteiger partial charge < -0.3 is 20.7 Å². The van der Waals surface area contributed by atoms with Crippen molar-refractivity contribution in [3.8, 4) is 11.8 Å². The van der Waals surface area contributed by atoms with E-state index in [1.54, 1.807) is 24.3 Å². The number of methoxy groups -OCH3 is 1. The lowest BCUT2D eigenvalue weighted by Gasteiger charge is -2.13. The van der Waals surface area contributed by atoms with E-state index in [4.69, 9.17) is 21.6 Å². The Balaban J connectivity index is 2.11. The highest BCUT2D eigenvalue weighted by molar-refractivity contribution is 6.31. The van der Waals surface area contributed by atoms with Crippen LogP contribution in [-0.2, 0) is 4.79 Å². The Morgan fingerprint density at radius 2 is 1.96 bits per heavy atom. The molecule has 2 aromatic carbocycles. The smallest absolute Gasteiger partial charge is 0.251 e. The molecule has 0 atom stereocenters. The second-order valence-corrected chi connectivity index (χ2v) is 5.63. The molecular formula is C18H17ClN4O3. The summed E-state index contributed by atoms with van der Waals surface area (Å²) < 4.78 is 5.23. The van der Waals surface area contributed by atoms with Crippen LogP contribution in [0.5, 0.6) is 5.75 Å². The molecule has 0 spiro atoms. The molecule has 0 saturated heterocycles. The number of nitrogens with one attached hydrogen (secondary N) is 3. The van der Waals surface area contributed by atoms with Crippen LogP contribution in [0.4, 0.5) is 11.4 Å². The molecule has 134 valence electrons. The number of hydrogen-bond acceptors (Lipinski definition) is 5. The number of nitrogens with zero attached hydrogens (tertiary/aromatic N) is 1. The average Bonchev–Trinajstić information content (AvgIpc) is 2.65. The first kappa shape index (κ1) is 19.1. The number of rotatable bonds is 6. The Kier molecular flexibility index (Phi) is 6.42. The highest BCUT2D eigenvalue weighted by Gasteiger charge is 2.12. The molecule has 0 aromatic heterocycles. The molecular weight excluding hydrogens is 356 g/mol. The first-order valence-corrected chi connectivity index (χ1v) is 7.99. The van der Waals surface area contributed by atoms with Gasteiger partial charge in [0.1, 0.15) is 11.8 Å². The van der Waals surface area contributed by atoms with E-state index >= 15 is 0 Å². The standard InChI is InChI=1S/C18H17ClN4O3/c1-21-18(25)11-4-6-16(26-2)15(7-11)22-10-17(24)23-14-8-13(19)5-3-12(14)9-20/h3-8,22H,10H2,1-2H3,(H,21,25)(H,23,24). The third-order valence-corrected chi connectivity index (χ3v) is 3.74. The van der Waals surface area contributed by atoms with Crippen molar-refractivity contribution in [3.63, 3.8) is 0 Å². The molecule has 26 heavy (non-hydrogen) atoms. The molecule has 7 nitrogen and oxygen atoms in total. The van der Waals surface area contributed by atoms with Gasteiger partial charge in [0.2, 0.25) is 5.91 Å². The van der Waals surface area contributed by atoms with Crippen LogP contribution < -0.4 is 20.7 Å². The molecule has 0 heterocycles. The fourth-order valence-electron chi connectivity index (χ4n) is 2.22. The van der Waals surface area contributed by atoms with Crippen molar-refractivity contribution in [2.45, 2.75) is 0 Å². The van der Waals surface area contributed by atoms with Gasteiger partial charge in [0.15, 0.2) is 0 Å². The number of ether oxygens (including phenoxy) is 1. The van der Waals surface area contributed by atoms with Gasteiger partial charge in [-0.3, -0.25) is 9.59 Å². The average molecular weight is 373 g/mol. The summed E-state index contributed by atoms with van der Waals surface area (Å²) in [6.45, 7) is -0.0923. The van der Waals surface area contributed by atoms with E-state index in [1.807, 2.05) is 6.07 Å². The fourth-order valence-corrected chi connectivity index (χ4v) is 2.39. The molecule has 0 aliphatic carbocycles. The first-order valence-electron chi connectivity index (χ1n) is 7.62. The highest BCUT2D eigenvalue weighted by Crippen LogP contribution is 2.25. The van der Waals surface area contributed by atoms with Crippen LogP contribution in [0.3, 0.4) is 0 Å². The topological polar surface area (TPSA) is 103 Å². The Bertz CT molecular complexity index is 877. The van der Waals surface area contributed by atoms with Crippen LogP contribution in [0.1, 0.15) is 15.9 Å². The number of nitriles is 1. The molecule has 8 heteroatoms. The van der Waals surface area contributed by atoms with Crippen molar-refractivity contribution >= 4 is 34.8 Å². The number of halogens is 1. The maximum Gasteiger partial charge on any atom is 0.251 e. The third kappa shape index (κ3) is 4.65. The molecule has 0 aliphatic rings. The Morgan fingerprint density at radius 3 is 2.62 bits per heavy atom. The van der Waals surface area contributed by atoms with Crippen molar-refractivity contribution in [1.29, 1.82) is 5.26 Å². The zero-order valence-corrected chi connectivity index (χ0v) is 15.0. The normalized spacial score (nSPS) is 9.77. The van der Waals surface area contributed by atoms with Crippen molar-refractivity contribution < 1.29 is 14.3 Å². The summed E-state index contributed by atoms with van der Waals surface area (Å²) >= 11 is 5.90. The van der Waals surface area contributed by atoms with Gasteiger partial charge in [-0.15, -0.1) is 0 Å². The Labute approximate surface area is 155 Å². The largest absolute Gasteiger partial charge is 0.495 e. The number of carbonyl (C=O) groups excluding carboxylic acids is 2. The van der Waals surface area contributed by atoms with Crippen LogP contribution >= 0.6 is 11.6 Å². The Morgan fingerprint density at radius 1 is 1.19 bits per heavy atom. The minimum absolute atomic E-state index is 0.0923. The zero-order valence-electron chi connectivity index (χ0n) is 14.2. The van der Waals surface area contributed by atoms with Crippen LogP contribution in [0.2, 0.25) is 5.02 Å². The molecule has 2 rings (SSSR count). The van der Waals surface area contributed by atoms with Crippen molar-refractivity contribution in [2.24, 2.45) is 0 Å². The predicted molar refractivity (Wildman–Crippen MR) is 99.7 cm³/mol. The van der Waals surface area contributed by atoms with Crippen LogP contribution in [-0.4, -0.2) is 32.5 Å². The van der Waals surface area contributed by atoms with E-state index < -0.39 is 0 Å². The van der Waals surface area contributed by atoms with Gasteiger partial charge in [-0.1, -0.05) is 11.6 Å². The number of benzene rings is 2. The molecule has 0 aliphatic heterocycles. The molecule has 0 radical (unpaired) electrons. The van der Waals surface area contributed by atoms with Crippen LogP contribution in [0, 0.1) is 11.3 Å². The summed E-state index contributed by atoms with van der Waals surface area (Å²) in [5, 5.41) is 17.6. The van der Waals surface area contributed by atoms with Crippen molar-refractivity contribution in [1.82, 2.24) is 5.32 Å². The van der Waals surface area contributed by atoms with Gasteiger partial charge >= 0.3 is 0 Å². The summed E-state index contributed by atoms with van der Waals surface area (Å²) in [5.41, 5.74) is 1.56. The first-order chi connectivity index (χ1) is 12.5. The SMILES string of the molecule is CNC(=O)c1ccc(OC)c(NCC(=O)Nc2cc(Cl)ccc2C#N)c1. The molecule has 0 fully saturated rings. The van der Waals surface area contributed by atoms with E-state index in [0.29, 0.717) is 33.3 Å². The molecule has 0 unspecified atom stereocenters. The predicted octanol–water partition coefficient (Wildman–Crippen LogP) is 2.63. The maximum atomic E-state index is 12.2. The lowest BCUT2D eigenvalue weighted by Crippen LogP contribution is -2.23. The third-order valence-electron chi connectivity index (χ3n) is 3.50. The molecule has 3 N–H and O–H groups in total. The molecule has 0 saturated carbocycles. The van der Waals surface area contributed by atoms with Gasteiger partial charge in [0.05, 0.1) is 30.6 Å². The van der Waals surface area contributed by atoms with Crippen molar-refractivity contribution in [2.75, 3.05) is 31.3 Å². The van der Waals surface area contributed by atoms with Crippen LogP contribution in [0.25, 0.3) is 0 Å². The van der Waals surface area contributed by atoms with E-state index in [2.05, 4.69) is 16.0 Å². The summed E-state index contributed by atoms with van der Waals surface area (Å²) in [6, 6.07) is 11.4. The summed E-state index contributed by atoms with van der Waals surface area (Å²) in [4.78, 5) is 23.9. The minimum atomic E-state index is -0.379. The molecule has 2 amide bonds. The number of anilines is 2. The number of amides is 2. The minimum Gasteiger partial charge on any atom is -0.495 e. The zero-order chi connectivity index (χ0) is 19.1. The summed E-state index contributed by atoms with van der Waals surface area (Å²) in [7, 11) is 3.02. The monoisotopic (exact) mass is 372 g/mol. The molecule has 2 aromatic rings. The van der Waals surface area contributed by atoms with Gasteiger partial charge in [-0.05, 0) is 36.4 Å². The van der Waals surface area contributed by atoms with E-state index in [1.165, 1.54) is 26.3 Å². The lowest BCUT2D eigenvalue weighted by atomic mass is 10.1. The lowest BCUT2D eigenvalue weighted by molar-refractivity contribution is -0.114. The van der Waals surface area contributed by atoms with E-state index in [9.17, 15) is 9.59 Å². The van der Waals surface area contributed by atoms with Gasteiger partial charge in [-0.2, -0.15) is 5.26 Å². The fraction of sp³-hybridized carbons (Fsp3) is 0.167.